The number of halogens is 3. The Bertz CT molecular complexity index is 615. The van der Waals surface area contributed by atoms with E-state index in [2.05, 4.69) is 20.4 Å². The van der Waals surface area contributed by atoms with Gasteiger partial charge in [-0.2, -0.15) is 0 Å². The van der Waals surface area contributed by atoms with Crippen molar-refractivity contribution in [1.29, 1.82) is 0 Å². The number of hydrogen-bond donors (Lipinski definition) is 1. The highest BCUT2D eigenvalue weighted by Crippen LogP contribution is 2.40. The van der Waals surface area contributed by atoms with E-state index in [0.717, 1.165) is 45.1 Å². The molecule has 0 spiro atoms. The molecule has 0 radical (unpaired) electrons. The second-order valence-electron chi connectivity index (χ2n) is 7.88. The van der Waals surface area contributed by atoms with Gasteiger partial charge in [-0.25, -0.2) is 8.78 Å². The van der Waals surface area contributed by atoms with Gasteiger partial charge in [0.2, 0.25) is 0 Å². The van der Waals surface area contributed by atoms with Crippen LogP contribution >= 0.6 is 11.6 Å². The maximum absolute atomic E-state index is 13.0. The van der Waals surface area contributed by atoms with E-state index in [4.69, 9.17) is 16.3 Å². The lowest BCUT2D eigenvalue weighted by atomic mass is 10.00. The summed E-state index contributed by atoms with van der Waals surface area (Å²) in [5, 5.41) is 10.6. The molecule has 3 atom stereocenters. The Balaban J connectivity index is 1.29. The summed E-state index contributed by atoms with van der Waals surface area (Å²) in [6, 6.07) is 1.60. The molecule has 3 heterocycles. The second-order valence-corrected chi connectivity index (χ2v) is 8.24. The fraction of sp³-hybridized carbons (Fsp3) is 0.778. The van der Waals surface area contributed by atoms with Crippen LogP contribution in [-0.2, 0) is 4.74 Å². The van der Waals surface area contributed by atoms with Crippen molar-refractivity contribution >= 4 is 17.4 Å². The van der Waals surface area contributed by atoms with Gasteiger partial charge in [-0.05, 0) is 49.5 Å². The van der Waals surface area contributed by atoms with Gasteiger partial charge in [-0.1, -0.05) is 11.6 Å². The molecule has 0 amide bonds. The van der Waals surface area contributed by atoms with Gasteiger partial charge in [-0.3, -0.25) is 0 Å². The zero-order chi connectivity index (χ0) is 18.1. The Morgan fingerprint density at radius 1 is 1.19 bits per heavy atom. The zero-order valence-electron chi connectivity index (χ0n) is 14.7. The average Bonchev–Trinajstić information content (AvgIpc) is 3.15. The Kier molecular flexibility index (Phi) is 5.57. The third-order valence-electron chi connectivity index (χ3n) is 6.05. The summed E-state index contributed by atoms with van der Waals surface area (Å²) in [5.41, 5.74) is -0.259. The first-order valence-corrected chi connectivity index (χ1v) is 9.84. The van der Waals surface area contributed by atoms with Crippen molar-refractivity contribution < 1.29 is 13.5 Å². The minimum Gasteiger partial charge on any atom is -0.381 e. The van der Waals surface area contributed by atoms with Crippen LogP contribution in [0, 0.1) is 17.8 Å². The van der Waals surface area contributed by atoms with Crippen LogP contribution in [0.15, 0.2) is 6.07 Å². The number of hydrogen-bond acceptors (Lipinski definition) is 5. The number of likely N-dealkylation sites (tertiary alicyclic amines) is 1. The number of ether oxygens (including phenoxy) is 1. The normalized spacial score (nSPS) is 30.1. The molecule has 0 aromatic carbocycles. The maximum Gasteiger partial charge on any atom is 0.267 e. The molecule has 1 aliphatic carbocycles. The van der Waals surface area contributed by atoms with E-state index in [1.54, 1.807) is 0 Å². The van der Waals surface area contributed by atoms with Gasteiger partial charge in [-0.15, -0.1) is 10.2 Å². The van der Waals surface area contributed by atoms with Crippen LogP contribution in [0.5, 0.6) is 0 Å². The third-order valence-corrected chi connectivity index (χ3v) is 6.34. The van der Waals surface area contributed by atoms with Crippen molar-refractivity contribution in [2.75, 3.05) is 38.2 Å². The molecule has 0 bridgehead atoms. The molecule has 144 valence electrons. The summed E-state index contributed by atoms with van der Waals surface area (Å²) < 4.78 is 31.3. The second kappa shape index (κ2) is 7.90. The van der Waals surface area contributed by atoms with Gasteiger partial charge in [0.15, 0.2) is 5.15 Å². The number of nitrogens with one attached hydrogen (secondary N) is 1. The van der Waals surface area contributed by atoms with Crippen molar-refractivity contribution in [3.05, 3.63) is 16.8 Å². The summed E-state index contributed by atoms with van der Waals surface area (Å²) in [6.45, 7) is 5.29. The highest BCUT2D eigenvalue weighted by atomic mass is 35.5. The van der Waals surface area contributed by atoms with Crippen molar-refractivity contribution in [3.63, 3.8) is 0 Å². The van der Waals surface area contributed by atoms with Crippen molar-refractivity contribution in [2.45, 2.75) is 38.2 Å². The van der Waals surface area contributed by atoms with Gasteiger partial charge < -0.3 is 15.0 Å². The molecule has 3 aliphatic rings. The van der Waals surface area contributed by atoms with Crippen LogP contribution in [0.4, 0.5) is 14.6 Å². The van der Waals surface area contributed by atoms with Crippen LogP contribution in [0.25, 0.3) is 0 Å². The Labute approximate surface area is 157 Å². The van der Waals surface area contributed by atoms with Crippen molar-refractivity contribution in [1.82, 2.24) is 15.1 Å². The van der Waals surface area contributed by atoms with Crippen LogP contribution in [0.1, 0.15) is 37.7 Å². The van der Waals surface area contributed by atoms with E-state index in [9.17, 15) is 8.78 Å². The largest absolute Gasteiger partial charge is 0.381 e. The van der Waals surface area contributed by atoms with Gasteiger partial charge in [0.25, 0.3) is 6.43 Å². The Morgan fingerprint density at radius 2 is 1.88 bits per heavy atom. The topological polar surface area (TPSA) is 50.3 Å². The molecule has 5 nitrogen and oxygen atoms in total. The van der Waals surface area contributed by atoms with E-state index in [0.29, 0.717) is 17.7 Å². The smallest absolute Gasteiger partial charge is 0.267 e. The quantitative estimate of drug-likeness (QED) is 0.837. The van der Waals surface area contributed by atoms with Gasteiger partial charge in [0.1, 0.15) is 5.82 Å². The molecular weight excluding hydrogens is 362 g/mol. The molecule has 3 fully saturated rings. The lowest BCUT2D eigenvalue weighted by Crippen LogP contribution is -2.32. The Morgan fingerprint density at radius 3 is 2.54 bits per heavy atom. The van der Waals surface area contributed by atoms with Gasteiger partial charge in [0, 0.05) is 38.9 Å². The molecule has 1 aromatic rings. The minimum absolute atomic E-state index is 0.224. The highest BCUT2D eigenvalue weighted by Gasteiger charge is 2.41. The first kappa shape index (κ1) is 18.3. The number of alkyl halides is 2. The van der Waals surface area contributed by atoms with Crippen LogP contribution < -0.4 is 5.32 Å². The van der Waals surface area contributed by atoms with E-state index < -0.39 is 6.43 Å². The van der Waals surface area contributed by atoms with E-state index >= 15 is 0 Å². The number of nitrogens with zero attached hydrogens (tertiary/aromatic N) is 3. The number of fused-ring (bicyclic) bond motifs is 1. The summed E-state index contributed by atoms with van der Waals surface area (Å²) >= 11 is 5.69. The number of rotatable bonds is 5. The first-order valence-electron chi connectivity index (χ1n) is 9.46. The summed E-state index contributed by atoms with van der Waals surface area (Å²) in [6.07, 6.45) is 1.84. The van der Waals surface area contributed by atoms with Crippen LogP contribution in [0.2, 0.25) is 5.15 Å². The van der Waals surface area contributed by atoms with E-state index in [1.807, 2.05) is 0 Å². The molecule has 26 heavy (non-hydrogen) atoms. The number of aromatic nitrogens is 2. The van der Waals surface area contributed by atoms with Gasteiger partial charge in [0.05, 0.1) is 5.56 Å². The molecule has 8 heteroatoms. The average molecular weight is 387 g/mol. The molecule has 2 aliphatic heterocycles. The zero-order valence-corrected chi connectivity index (χ0v) is 15.5. The fourth-order valence-electron chi connectivity index (χ4n) is 4.78. The van der Waals surface area contributed by atoms with E-state index in [1.165, 1.54) is 25.5 Å². The van der Waals surface area contributed by atoms with Crippen molar-refractivity contribution in [2.24, 2.45) is 17.8 Å². The molecule has 1 unspecified atom stereocenters. The third kappa shape index (κ3) is 4.10. The number of anilines is 1. The monoisotopic (exact) mass is 386 g/mol. The predicted molar refractivity (Wildman–Crippen MR) is 95.6 cm³/mol. The fourth-order valence-corrected chi connectivity index (χ4v) is 4.96. The van der Waals surface area contributed by atoms with E-state index in [-0.39, 0.29) is 16.8 Å². The molecule has 1 N–H and O–H groups in total. The van der Waals surface area contributed by atoms with Crippen molar-refractivity contribution in [3.8, 4) is 0 Å². The maximum atomic E-state index is 13.0. The standard InChI is InChI=1S/C18H25ClF2N4O/c19-17-15(18(20)21)7-16(23-24-17)22-14-5-12-9-25(10-13(12)6-14)8-11-1-3-26-4-2-11/h7,11-14,18H,1-6,8-10H2,(H,22,23)/t12-,13+,14?. The predicted octanol–water partition coefficient (Wildman–Crippen LogP) is 3.62. The lowest BCUT2D eigenvalue weighted by Gasteiger charge is -2.27. The summed E-state index contributed by atoms with van der Waals surface area (Å²) in [4.78, 5) is 2.61. The highest BCUT2D eigenvalue weighted by molar-refractivity contribution is 6.30. The molecule has 4 rings (SSSR count). The molecule has 2 saturated heterocycles. The SMILES string of the molecule is FC(F)c1cc(NC2C[C@@H]3CN(CC4CCOCC4)C[C@@H]3C2)nnc1Cl. The Hall–Kier alpha value is -1.05. The molecule has 1 aromatic heterocycles. The summed E-state index contributed by atoms with van der Waals surface area (Å²) in [7, 11) is 0. The van der Waals surface area contributed by atoms with Crippen LogP contribution in [0.3, 0.4) is 0 Å². The molecule has 1 saturated carbocycles. The minimum atomic E-state index is -2.64. The lowest BCUT2D eigenvalue weighted by molar-refractivity contribution is 0.0545. The van der Waals surface area contributed by atoms with Gasteiger partial charge >= 0.3 is 0 Å². The first-order chi connectivity index (χ1) is 12.6. The molecular formula is C18H25ClF2N4O. The summed E-state index contributed by atoms with van der Waals surface area (Å²) in [5.74, 6) is 2.53. The van der Waals surface area contributed by atoms with Crippen LogP contribution in [-0.4, -0.2) is 54.0 Å².